The van der Waals surface area contributed by atoms with Crippen molar-refractivity contribution in [2.75, 3.05) is 19.6 Å². The van der Waals surface area contributed by atoms with Gasteiger partial charge in [0.25, 0.3) is 5.91 Å². The van der Waals surface area contributed by atoms with Crippen LogP contribution in [0.25, 0.3) is 16.9 Å². The Bertz CT molecular complexity index is 1280. The number of aliphatic hydroxyl groups is 1. The van der Waals surface area contributed by atoms with Gasteiger partial charge in [-0.15, -0.1) is 0 Å². The molecule has 1 aromatic heterocycles. The zero-order chi connectivity index (χ0) is 28.3. The summed E-state index contributed by atoms with van der Waals surface area (Å²) < 4.78 is 7.72. The molecular weight excluding hydrogens is 490 g/mol. The highest BCUT2D eigenvalue weighted by Gasteiger charge is 2.39. The lowest BCUT2D eigenvalue weighted by molar-refractivity contribution is -0.0229. The minimum Gasteiger partial charge on any atom is -0.444 e. The molecule has 0 saturated carbocycles. The molecule has 4 rings (SSSR count). The molecule has 208 valence electrons. The van der Waals surface area contributed by atoms with Crippen LogP contribution in [0.4, 0.5) is 4.79 Å². The number of aromatic nitrogens is 1. The third kappa shape index (κ3) is 6.53. The van der Waals surface area contributed by atoms with Gasteiger partial charge in [0.2, 0.25) is 0 Å². The quantitative estimate of drug-likeness (QED) is 0.428. The first-order chi connectivity index (χ1) is 18.5. The topological polar surface area (TPSA) is 75.0 Å². The highest BCUT2D eigenvalue weighted by atomic mass is 16.6. The van der Waals surface area contributed by atoms with E-state index in [2.05, 4.69) is 4.57 Å². The molecule has 1 aliphatic heterocycles. The van der Waals surface area contributed by atoms with Gasteiger partial charge >= 0.3 is 6.09 Å². The number of carbonyl (C=O) groups excluding carboxylic acids is 2. The van der Waals surface area contributed by atoms with Crippen molar-refractivity contribution in [2.24, 2.45) is 5.92 Å². The van der Waals surface area contributed by atoms with Crippen LogP contribution in [0.1, 0.15) is 57.1 Å². The number of rotatable bonds is 6. The maximum atomic E-state index is 14.4. The predicted molar refractivity (Wildman–Crippen MR) is 154 cm³/mol. The van der Waals surface area contributed by atoms with E-state index in [9.17, 15) is 14.7 Å². The average molecular weight is 532 g/mol. The number of aliphatic hydroxyl groups excluding tert-OH is 1. The predicted octanol–water partition coefficient (Wildman–Crippen LogP) is 5.92. The van der Waals surface area contributed by atoms with Crippen molar-refractivity contribution in [2.45, 2.75) is 65.7 Å². The fraction of sp³-hybridized carbons (Fsp3) is 0.438. The van der Waals surface area contributed by atoms with Gasteiger partial charge in [-0.25, -0.2) is 4.79 Å². The average Bonchev–Trinajstić information content (AvgIpc) is 3.24. The second-order valence-corrected chi connectivity index (χ2v) is 11.8. The smallest absolute Gasteiger partial charge is 0.410 e. The van der Waals surface area contributed by atoms with E-state index in [4.69, 9.17) is 4.74 Å². The van der Waals surface area contributed by atoms with E-state index < -0.39 is 23.8 Å². The van der Waals surface area contributed by atoms with Crippen LogP contribution in [0, 0.1) is 12.8 Å². The van der Waals surface area contributed by atoms with Gasteiger partial charge in [-0.1, -0.05) is 62.4 Å². The zero-order valence-corrected chi connectivity index (χ0v) is 23.9. The van der Waals surface area contributed by atoms with E-state index >= 15 is 0 Å². The van der Waals surface area contributed by atoms with Crippen molar-refractivity contribution in [3.8, 4) is 16.9 Å². The third-order valence-electron chi connectivity index (χ3n) is 6.96. The number of piperazine rings is 1. The molecule has 1 unspecified atom stereocenters. The monoisotopic (exact) mass is 531 g/mol. The van der Waals surface area contributed by atoms with Crippen molar-refractivity contribution < 1.29 is 19.4 Å². The summed E-state index contributed by atoms with van der Waals surface area (Å²) in [5.74, 6) is 0.0819. The lowest BCUT2D eigenvalue weighted by Gasteiger charge is -2.43. The van der Waals surface area contributed by atoms with E-state index in [0.717, 1.165) is 22.6 Å². The van der Waals surface area contributed by atoms with Crippen molar-refractivity contribution >= 4 is 12.0 Å². The molecule has 2 aromatic carbocycles. The van der Waals surface area contributed by atoms with Gasteiger partial charge in [0.15, 0.2) is 0 Å². The van der Waals surface area contributed by atoms with Crippen molar-refractivity contribution in [3.63, 3.8) is 0 Å². The number of benzene rings is 2. The van der Waals surface area contributed by atoms with E-state index in [1.165, 1.54) is 0 Å². The molecule has 39 heavy (non-hydrogen) atoms. The van der Waals surface area contributed by atoms with Crippen LogP contribution >= 0.6 is 0 Å². The SMILES string of the molecule is Cc1cc(C(=O)N2CCN(C(=O)OC(C)(C)C)C[C@H]2C(O)CC(C)C)c(-c2ccccc2)n1-c1ccccc1. The number of ether oxygens (including phenoxy) is 1. The summed E-state index contributed by atoms with van der Waals surface area (Å²) >= 11 is 0. The van der Waals surface area contributed by atoms with Gasteiger partial charge in [-0.05, 0) is 63.8 Å². The van der Waals surface area contributed by atoms with Gasteiger partial charge in [-0.3, -0.25) is 4.79 Å². The number of aryl methyl sites for hydroxylation is 1. The molecule has 7 heteroatoms. The molecule has 1 aliphatic rings. The molecule has 2 amide bonds. The van der Waals surface area contributed by atoms with Crippen molar-refractivity contribution in [1.82, 2.24) is 14.4 Å². The molecule has 1 fully saturated rings. The minimum absolute atomic E-state index is 0.150. The third-order valence-corrected chi connectivity index (χ3v) is 6.96. The molecule has 7 nitrogen and oxygen atoms in total. The standard InChI is InChI=1S/C32H41N3O4/c1-22(2)19-28(36)27-21-33(31(38)39-32(4,5)6)17-18-34(27)30(37)26-20-23(3)35(25-15-11-8-12-16-25)29(26)24-13-9-7-10-14-24/h7-16,20,22,27-28,36H,17-19,21H2,1-6H3/t27-,28?/m0/s1. The van der Waals surface area contributed by atoms with E-state index in [0.29, 0.717) is 25.1 Å². The summed E-state index contributed by atoms with van der Waals surface area (Å²) in [5.41, 5.74) is 3.61. The van der Waals surface area contributed by atoms with E-state index in [1.54, 1.807) is 9.80 Å². The van der Waals surface area contributed by atoms with Crippen LogP contribution in [0.5, 0.6) is 0 Å². The van der Waals surface area contributed by atoms with E-state index in [-0.39, 0.29) is 18.4 Å². The van der Waals surface area contributed by atoms with Crippen molar-refractivity contribution in [3.05, 3.63) is 78.0 Å². The minimum atomic E-state index is -0.781. The Kier molecular flexibility index (Phi) is 8.50. The summed E-state index contributed by atoms with van der Waals surface area (Å²) in [5, 5.41) is 11.3. The summed E-state index contributed by atoms with van der Waals surface area (Å²) in [7, 11) is 0. The Hall–Kier alpha value is -3.58. The van der Waals surface area contributed by atoms with Crippen LogP contribution in [0.15, 0.2) is 66.7 Å². The molecule has 1 N–H and O–H groups in total. The van der Waals surface area contributed by atoms with Crippen LogP contribution in [0.3, 0.4) is 0 Å². The summed E-state index contributed by atoms with van der Waals surface area (Å²) in [4.78, 5) is 30.6. The normalized spacial score (nSPS) is 16.9. The molecule has 1 saturated heterocycles. The van der Waals surface area contributed by atoms with Gasteiger partial charge < -0.3 is 24.2 Å². The van der Waals surface area contributed by atoms with Gasteiger partial charge in [0.05, 0.1) is 23.4 Å². The molecule has 3 aromatic rings. The second kappa shape index (κ2) is 11.7. The first-order valence-electron chi connectivity index (χ1n) is 13.8. The Balaban J connectivity index is 1.74. The van der Waals surface area contributed by atoms with Gasteiger partial charge in [-0.2, -0.15) is 0 Å². The van der Waals surface area contributed by atoms with Crippen LogP contribution in [-0.2, 0) is 4.74 Å². The van der Waals surface area contributed by atoms with Gasteiger partial charge in [0, 0.05) is 31.0 Å². The Labute approximate surface area is 232 Å². The summed E-state index contributed by atoms with van der Waals surface area (Å²) in [6, 6.07) is 21.3. The number of nitrogens with zero attached hydrogens (tertiary/aromatic N) is 3. The van der Waals surface area contributed by atoms with Crippen LogP contribution < -0.4 is 0 Å². The van der Waals surface area contributed by atoms with Crippen LogP contribution in [-0.4, -0.2) is 68.9 Å². The molecule has 0 spiro atoms. The first kappa shape index (κ1) is 28.4. The molecule has 2 heterocycles. The van der Waals surface area contributed by atoms with Crippen LogP contribution in [0.2, 0.25) is 0 Å². The summed E-state index contributed by atoms with van der Waals surface area (Å²) in [6.07, 6.45) is -0.685. The number of hydrogen-bond acceptors (Lipinski definition) is 4. The first-order valence-corrected chi connectivity index (χ1v) is 13.8. The molecule has 2 atom stereocenters. The molecule has 0 aliphatic carbocycles. The fourth-order valence-electron chi connectivity index (χ4n) is 5.27. The fourth-order valence-corrected chi connectivity index (χ4v) is 5.27. The largest absolute Gasteiger partial charge is 0.444 e. The Morgan fingerprint density at radius 1 is 1.00 bits per heavy atom. The lowest BCUT2D eigenvalue weighted by Crippen LogP contribution is -2.61. The highest BCUT2D eigenvalue weighted by Crippen LogP contribution is 2.33. The second-order valence-electron chi connectivity index (χ2n) is 11.8. The molecular formula is C32H41N3O4. The lowest BCUT2D eigenvalue weighted by atomic mass is 9.96. The van der Waals surface area contributed by atoms with Crippen molar-refractivity contribution in [1.29, 1.82) is 0 Å². The maximum absolute atomic E-state index is 14.4. The maximum Gasteiger partial charge on any atom is 0.410 e. The van der Waals surface area contributed by atoms with Gasteiger partial charge in [0.1, 0.15) is 5.60 Å². The number of hydrogen-bond donors (Lipinski definition) is 1. The molecule has 0 radical (unpaired) electrons. The number of para-hydroxylation sites is 1. The highest BCUT2D eigenvalue weighted by molar-refractivity contribution is 6.01. The Morgan fingerprint density at radius 2 is 1.62 bits per heavy atom. The molecule has 0 bridgehead atoms. The van der Waals surface area contributed by atoms with E-state index in [1.807, 2.05) is 108 Å². The summed E-state index contributed by atoms with van der Waals surface area (Å²) in [6.45, 7) is 12.4. The number of carbonyl (C=O) groups is 2. The zero-order valence-electron chi connectivity index (χ0n) is 23.9. The number of amides is 2. The Morgan fingerprint density at radius 3 is 2.21 bits per heavy atom.